The molecule has 156 valence electrons. The number of nitrogens with zero attached hydrogens (tertiary/aromatic N) is 4. The second kappa shape index (κ2) is 8.21. The molecule has 0 bridgehead atoms. The van der Waals surface area contributed by atoms with E-state index in [1.807, 2.05) is 24.3 Å². The van der Waals surface area contributed by atoms with Gasteiger partial charge in [0, 0.05) is 28.5 Å². The quantitative estimate of drug-likeness (QED) is 0.509. The minimum atomic E-state index is -0.541. The Morgan fingerprint density at radius 2 is 1.87 bits per heavy atom. The number of benzene rings is 1. The van der Waals surface area contributed by atoms with Gasteiger partial charge < -0.3 is 5.11 Å². The van der Waals surface area contributed by atoms with Crippen LogP contribution in [0.2, 0.25) is 5.02 Å². The van der Waals surface area contributed by atoms with Crippen molar-refractivity contribution in [3.05, 3.63) is 76.6 Å². The molecule has 2 atom stereocenters. The van der Waals surface area contributed by atoms with Gasteiger partial charge in [-0.1, -0.05) is 36.6 Å². The Bertz CT molecular complexity index is 1290. The van der Waals surface area contributed by atoms with Crippen LogP contribution in [0.1, 0.15) is 31.7 Å². The fourth-order valence-electron chi connectivity index (χ4n) is 4.27. The zero-order valence-electron chi connectivity index (χ0n) is 16.8. The zero-order valence-corrected chi connectivity index (χ0v) is 17.5. The second-order valence-corrected chi connectivity index (χ2v) is 8.31. The van der Waals surface area contributed by atoms with Crippen LogP contribution in [0.4, 0.5) is 0 Å². The number of hydrogen-bond donors (Lipinski definition) is 1. The van der Waals surface area contributed by atoms with E-state index >= 15 is 0 Å². The third-order valence-corrected chi connectivity index (χ3v) is 6.15. The molecule has 1 aliphatic carbocycles. The summed E-state index contributed by atoms with van der Waals surface area (Å²) in [6.07, 6.45) is 7.84. The minimum Gasteiger partial charge on any atom is -0.391 e. The number of rotatable bonds is 3. The minimum absolute atomic E-state index is 0.168. The molecule has 3 heterocycles. The lowest BCUT2D eigenvalue weighted by Crippen LogP contribution is -2.34. The molecule has 4 aromatic rings. The number of aliphatic hydroxyl groups excluding tert-OH is 1. The molecule has 0 saturated heterocycles. The SMILES string of the molecule is O=c1c2cc(-c3ccc(Cl)cc3)nc(-c3cccnc3)c2ncn1[C@@H]1CCCC[C@@H]1O. The van der Waals surface area contributed by atoms with Gasteiger partial charge in [0.2, 0.25) is 0 Å². The molecule has 0 radical (unpaired) electrons. The highest BCUT2D eigenvalue weighted by Crippen LogP contribution is 2.31. The van der Waals surface area contributed by atoms with Crippen molar-refractivity contribution in [3.8, 4) is 22.5 Å². The maximum Gasteiger partial charge on any atom is 0.261 e. The van der Waals surface area contributed by atoms with Crippen molar-refractivity contribution >= 4 is 22.5 Å². The van der Waals surface area contributed by atoms with Gasteiger partial charge in [0.05, 0.1) is 35.2 Å². The van der Waals surface area contributed by atoms with Crippen LogP contribution in [0.3, 0.4) is 0 Å². The van der Waals surface area contributed by atoms with Gasteiger partial charge in [-0.2, -0.15) is 0 Å². The van der Waals surface area contributed by atoms with E-state index in [-0.39, 0.29) is 11.6 Å². The second-order valence-electron chi connectivity index (χ2n) is 7.88. The fraction of sp³-hybridized carbons (Fsp3) is 0.250. The Morgan fingerprint density at radius 1 is 1.06 bits per heavy atom. The lowest BCUT2D eigenvalue weighted by molar-refractivity contribution is 0.0735. The number of aromatic nitrogens is 4. The molecule has 5 rings (SSSR count). The number of pyridine rings is 2. The highest BCUT2D eigenvalue weighted by Gasteiger charge is 2.26. The Hall–Kier alpha value is -3.09. The molecule has 1 aromatic carbocycles. The van der Waals surface area contributed by atoms with Gasteiger partial charge in [-0.05, 0) is 43.2 Å². The molecule has 0 unspecified atom stereocenters. The fourth-order valence-corrected chi connectivity index (χ4v) is 4.39. The smallest absolute Gasteiger partial charge is 0.261 e. The highest BCUT2D eigenvalue weighted by molar-refractivity contribution is 6.30. The average Bonchev–Trinajstić information content (AvgIpc) is 2.81. The average molecular weight is 433 g/mol. The van der Waals surface area contributed by atoms with Gasteiger partial charge in [-0.25, -0.2) is 9.97 Å². The molecule has 1 N–H and O–H groups in total. The molecule has 0 amide bonds. The first-order valence-electron chi connectivity index (χ1n) is 10.4. The normalized spacial score (nSPS) is 18.9. The molecule has 31 heavy (non-hydrogen) atoms. The monoisotopic (exact) mass is 432 g/mol. The molecule has 0 spiro atoms. The van der Waals surface area contributed by atoms with Crippen LogP contribution in [0.15, 0.2) is 66.0 Å². The summed E-state index contributed by atoms with van der Waals surface area (Å²) in [5.41, 5.74) is 3.25. The van der Waals surface area contributed by atoms with Gasteiger partial charge >= 0.3 is 0 Å². The number of aliphatic hydroxyl groups is 1. The maximum atomic E-state index is 13.5. The maximum absolute atomic E-state index is 13.5. The van der Waals surface area contributed by atoms with E-state index < -0.39 is 6.10 Å². The standard InChI is InChI=1S/C24H21ClN4O2/c25-17-9-7-15(8-10-17)19-12-18-23(22(28-19)16-4-3-11-26-13-16)27-14-29(24(18)31)20-5-1-2-6-21(20)30/h3-4,7-14,20-21,30H,1-2,5-6H2/t20-,21+/m1/s1. The summed E-state index contributed by atoms with van der Waals surface area (Å²) in [7, 11) is 0. The highest BCUT2D eigenvalue weighted by atomic mass is 35.5. The molecule has 1 fully saturated rings. The van der Waals surface area contributed by atoms with Gasteiger partial charge in [0.25, 0.3) is 5.56 Å². The van der Waals surface area contributed by atoms with E-state index in [0.29, 0.717) is 33.7 Å². The van der Waals surface area contributed by atoms with Crippen LogP contribution >= 0.6 is 11.6 Å². The van der Waals surface area contributed by atoms with E-state index in [4.69, 9.17) is 16.6 Å². The summed E-state index contributed by atoms with van der Waals surface area (Å²) in [4.78, 5) is 27.2. The topological polar surface area (TPSA) is 80.9 Å². The van der Waals surface area contributed by atoms with E-state index in [1.54, 1.807) is 41.5 Å². The van der Waals surface area contributed by atoms with Crippen LogP contribution in [0.5, 0.6) is 0 Å². The Morgan fingerprint density at radius 3 is 2.61 bits per heavy atom. The summed E-state index contributed by atoms with van der Waals surface area (Å²) < 4.78 is 1.59. The predicted octanol–water partition coefficient (Wildman–Crippen LogP) is 4.65. The molecule has 6 nitrogen and oxygen atoms in total. The van der Waals surface area contributed by atoms with Gasteiger partial charge in [0.15, 0.2) is 0 Å². The van der Waals surface area contributed by atoms with Gasteiger partial charge in [-0.15, -0.1) is 0 Å². The first kappa shape index (κ1) is 19.8. The Kier molecular flexibility index (Phi) is 5.26. The van der Waals surface area contributed by atoms with Crippen LogP contribution in [-0.4, -0.2) is 30.7 Å². The van der Waals surface area contributed by atoms with Crippen molar-refractivity contribution in [2.45, 2.75) is 37.8 Å². The zero-order chi connectivity index (χ0) is 21.4. The van der Waals surface area contributed by atoms with Gasteiger partial charge in [0.1, 0.15) is 5.52 Å². The van der Waals surface area contributed by atoms with Crippen molar-refractivity contribution < 1.29 is 5.11 Å². The summed E-state index contributed by atoms with van der Waals surface area (Å²) in [5, 5.41) is 11.6. The van der Waals surface area contributed by atoms with Crippen molar-refractivity contribution in [2.75, 3.05) is 0 Å². The first-order chi connectivity index (χ1) is 15.1. The van der Waals surface area contributed by atoms with Crippen molar-refractivity contribution in [2.24, 2.45) is 0 Å². The van der Waals surface area contributed by atoms with E-state index in [9.17, 15) is 9.90 Å². The molecule has 7 heteroatoms. The molecule has 3 aromatic heterocycles. The van der Waals surface area contributed by atoms with E-state index in [1.165, 1.54) is 0 Å². The molecular weight excluding hydrogens is 412 g/mol. The van der Waals surface area contributed by atoms with Crippen LogP contribution in [-0.2, 0) is 0 Å². The van der Waals surface area contributed by atoms with E-state index in [0.717, 1.165) is 30.4 Å². The van der Waals surface area contributed by atoms with E-state index in [2.05, 4.69) is 9.97 Å². The molecule has 1 saturated carbocycles. The Balaban J connectivity index is 1.76. The van der Waals surface area contributed by atoms with Crippen molar-refractivity contribution in [1.82, 2.24) is 19.5 Å². The van der Waals surface area contributed by atoms with Crippen LogP contribution in [0.25, 0.3) is 33.4 Å². The summed E-state index contributed by atoms with van der Waals surface area (Å²) in [6.45, 7) is 0. The largest absolute Gasteiger partial charge is 0.391 e. The van der Waals surface area contributed by atoms with Crippen molar-refractivity contribution in [1.29, 1.82) is 0 Å². The predicted molar refractivity (Wildman–Crippen MR) is 121 cm³/mol. The van der Waals surface area contributed by atoms with Crippen molar-refractivity contribution in [3.63, 3.8) is 0 Å². The number of fused-ring (bicyclic) bond motifs is 1. The molecular formula is C24H21ClN4O2. The summed E-state index contributed by atoms with van der Waals surface area (Å²) in [6, 6.07) is 12.6. The lowest BCUT2D eigenvalue weighted by Gasteiger charge is -2.29. The third-order valence-electron chi connectivity index (χ3n) is 5.90. The Labute approximate surface area is 184 Å². The number of halogens is 1. The lowest BCUT2D eigenvalue weighted by atomic mass is 9.92. The third kappa shape index (κ3) is 3.73. The number of hydrogen-bond acceptors (Lipinski definition) is 5. The molecule has 1 aliphatic rings. The van der Waals surface area contributed by atoms with Crippen LogP contribution in [0, 0.1) is 0 Å². The first-order valence-corrected chi connectivity index (χ1v) is 10.8. The van der Waals surface area contributed by atoms with Gasteiger partial charge in [-0.3, -0.25) is 14.3 Å². The van der Waals surface area contributed by atoms with Crippen LogP contribution < -0.4 is 5.56 Å². The summed E-state index contributed by atoms with van der Waals surface area (Å²) >= 11 is 6.05. The summed E-state index contributed by atoms with van der Waals surface area (Å²) in [5.74, 6) is 0. The molecule has 0 aliphatic heterocycles.